The zero-order valence-corrected chi connectivity index (χ0v) is 13.9. The second-order valence-corrected chi connectivity index (χ2v) is 6.90. The minimum Gasteiger partial charge on any atom is -0.353 e. The minimum absolute atomic E-state index is 1.03. The van der Waals surface area contributed by atoms with Crippen molar-refractivity contribution < 1.29 is 0 Å². The standard InChI is InChI=1S/C18H20N4S/c1-2-6-17-16(5-1)18(20-14-19-17)22-11-9-21(10-12-22)8-7-15-4-3-13-23-15/h1-6,13-14H,7-12H2. The summed E-state index contributed by atoms with van der Waals surface area (Å²) in [6.45, 7) is 5.42. The summed E-state index contributed by atoms with van der Waals surface area (Å²) in [6, 6.07) is 12.6. The van der Waals surface area contributed by atoms with Gasteiger partial charge in [0.2, 0.25) is 0 Å². The average Bonchev–Trinajstić information content (AvgIpc) is 3.14. The third kappa shape index (κ3) is 3.21. The molecule has 1 aliphatic heterocycles. The van der Waals surface area contributed by atoms with E-state index in [1.165, 1.54) is 4.88 Å². The van der Waals surface area contributed by atoms with Crippen molar-refractivity contribution in [2.24, 2.45) is 0 Å². The van der Waals surface area contributed by atoms with Gasteiger partial charge in [-0.1, -0.05) is 18.2 Å². The van der Waals surface area contributed by atoms with Crippen LogP contribution in [0.5, 0.6) is 0 Å². The van der Waals surface area contributed by atoms with Crippen LogP contribution in [-0.4, -0.2) is 47.6 Å². The molecule has 2 aromatic heterocycles. The normalized spacial score (nSPS) is 16.1. The molecule has 0 atom stereocenters. The van der Waals surface area contributed by atoms with Gasteiger partial charge in [-0.25, -0.2) is 9.97 Å². The minimum atomic E-state index is 1.03. The molecule has 1 aliphatic rings. The summed E-state index contributed by atoms with van der Waals surface area (Å²) in [5.74, 6) is 1.08. The Balaban J connectivity index is 1.41. The first-order chi connectivity index (χ1) is 11.4. The molecule has 0 saturated carbocycles. The van der Waals surface area contributed by atoms with Crippen molar-refractivity contribution in [2.45, 2.75) is 6.42 Å². The van der Waals surface area contributed by atoms with Crippen molar-refractivity contribution in [3.05, 3.63) is 53.0 Å². The summed E-state index contributed by atoms with van der Waals surface area (Å²) in [5.41, 5.74) is 1.03. The van der Waals surface area contributed by atoms with E-state index in [-0.39, 0.29) is 0 Å². The molecule has 0 N–H and O–H groups in total. The maximum Gasteiger partial charge on any atom is 0.139 e. The van der Waals surface area contributed by atoms with E-state index in [4.69, 9.17) is 0 Å². The number of thiophene rings is 1. The molecule has 4 nitrogen and oxygen atoms in total. The Labute approximate surface area is 140 Å². The topological polar surface area (TPSA) is 32.3 Å². The molecule has 0 unspecified atom stereocenters. The van der Waals surface area contributed by atoms with Gasteiger partial charge in [0.05, 0.1) is 5.52 Å². The summed E-state index contributed by atoms with van der Waals surface area (Å²) < 4.78 is 0. The smallest absolute Gasteiger partial charge is 0.139 e. The first kappa shape index (κ1) is 14.6. The second kappa shape index (κ2) is 6.64. The molecule has 5 heteroatoms. The third-order valence-corrected chi connectivity index (χ3v) is 5.38. The molecule has 0 bridgehead atoms. The molecule has 1 saturated heterocycles. The van der Waals surface area contributed by atoms with E-state index < -0.39 is 0 Å². The van der Waals surface area contributed by atoms with Crippen molar-refractivity contribution >= 4 is 28.1 Å². The zero-order chi connectivity index (χ0) is 15.5. The highest BCUT2D eigenvalue weighted by Crippen LogP contribution is 2.23. The van der Waals surface area contributed by atoms with Crippen LogP contribution in [0.25, 0.3) is 10.9 Å². The van der Waals surface area contributed by atoms with Crippen molar-refractivity contribution in [1.29, 1.82) is 0 Å². The van der Waals surface area contributed by atoms with Crippen LogP contribution in [0.1, 0.15) is 4.88 Å². The molecule has 4 rings (SSSR count). The number of anilines is 1. The number of hydrogen-bond donors (Lipinski definition) is 0. The Bertz CT molecular complexity index is 758. The van der Waals surface area contributed by atoms with Gasteiger partial charge in [-0.05, 0) is 30.0 Å². The molecule has 1 aromatic carbocycles. The highest BCUT2D eigenvalue weighted by molar-refractivity contribution is 7.09. The van der Waals surface area contributed by atoms with Gasteiger partial charge < -0.3 is 4.90 Å². The van der Waals surface area contributed by atoms with E-state index in [9.17, 15) is 0 Å². The number of piperazine rings is 1. The Hall–Kier alpha value is -1.98. The lowest BCUT2D eigenvalue weighted by Gasteiger charge is -2.35. The first-order valence-electron chi connectivity index (χ1n) is 8.09. The predicted octanol–water partition coefficient (Wildman–Crippen LogP) is 3.06. The largest absolute Gasteiger partial charge is 0.353 e. The fourth-order valence-corrected chi connectivity index (χ4v) is 3.85. The van der Waals surface area contributed by atoms with Crippen LogP contribution in [0.4, 0.5) is 5.82 Å². The van der Waals surface area contributed by atoms with Crippen molar-refractivity contribution in [2.75, 3.05) is 37.6 Å². The molecular formula is C18H20N4S. The molecule has 0 spiro atoms. The SMILES string of the molecule is c1csc(CCN2CCN(c3ncnc4ccccc34)CC2)c1. The van der Waals surface area contributed by atoms with Crippen LogP contribution < -0.4 is 4.90 Å². The van der Waals surface area contributed by atoms with Crippen LogP contribution in [0.2, 0.25) is 0 Å². The number of aromatic nitrogens is 2. The molecule has 3 heterocycles. The quantitative estimate of drug-likeness (QED) is 0.738. The molecule has 23 heavy (non-hydrogen) atoms. The third-order valence-electron chi connectivity index (χ3n) is 4.45. The van der Waals surface area contributed by atoms with Crippen molar-refractivity contribution in [3.8, 4) is 0 Å². The summed E-state index contributed by atoms with van der Waals surface area (Å²) in [6.07, 6.45) is 2.84. The fourth-order valence-electron chi connectivity index (χ4n) is 3.15. The molecule has 1 fully saturated rings. The molecule has 0 radical (unpaired) electrons. The first-order valence-corrected chi connectivity index (χ1v) is 8.97. The van der Waals surface area contributed by atoms with Crippen LogP contribution in [0, 0.1) is 0 Å². The van der Waals surface area contributed by atoms with E-state index in [0.29, 0.717) is 0 Å². The maximum atomic E-state index is 4.54. The lowest BCUT2D eigenvalue weighted by Crippen LogP contribution is -2.47. The number of benzene rings is 1. The summed E-state index contributed by atoms with van der Waals surface area (Å²) >= 11 is 1.86. The highest BCUT2D eigenvalue weighted by Gasteiger charge is 2.19. The molecule has 118 valence electrons. The van der Waals surface area contributed by atoms with Gasteiger partial charge in [0.15, 0.2) is 0 Å². The molecule has 0 aliphatic carbocycles. The van der Waals surface area contributed by atoms with Gasteiger partial charge in [0.25, 0.3) is 0 Å². The van der Waals surface area contributed by atoms with Gasteiger partial charge in [0.1, 0.15) is 12.1 Å². The summed E-state index contributed by atoms with van der Waals surface area (Å²) in [4.78, 5) is 15.3. The van der Waals surface area contributed by atoms with Gasteiger partial charge in [-0.15, -0.1) is 11.3 Å². The lowest BCUT2D eigenvalue weighted by atomic mass is 10.2. The van der Waals surface area contributed by atoms with Crippen LogP contribution in [0.3, 0.4) is 0 Å². The average molecular weight is 324 g/mol. The van der Waals surface area contributed by atoms with Crippen LogP contribution >= 0.6 is 11.3 Å². The van der Waals surface area contributed by atoms with E-state index in [0.717, 1.165) is 55.9 Å². The zero-order valence-electron chi connectivity index (χ0n) is 13.1. The van der Waals surface area contributed by atoms with E-state index in [1.54, 1.807) is 6.33 Å². The molecule has 0 amide bonds. The molecule has 3 aromatic rings. The number of hydrogen-bond acceptors (Lipinski definition) is 5. The van der Waals surface area contributed by atoms with E-state index in [1.807, 2.05) is 17.4 Å². The summed E-state index contributed by atoms with van der Waals surface area (Å²) in [7, 11) is 0. The monoisotopic (exact) mass is 324 g/mol. The summed E-state index contributed by atoms with van der Waals surface area (Å²) in [5, 5.41) is 3.31. The number of nitrogens with zero attached hydrogens (tertiary/aromatic N) is 4. The van der Waals surface area contributed by atoms with Crippen LogP contribution in [-0.2, 0) is 6.42 Å². The second-order valence-electron chi connectivity index (χ2n) is 5.87. The van der Waals surface area contributed by atoms with Gasteiger partial charge in [0, 0.05) is 43.0 Å². The Morgan fingerprint density at radius 1 is 0.957 bits per heavy atom. The van der Waals surface area contributed by atoms with Gasteiger partial charge >= 0.3 is 0 Å². The number of fused-ring (bicyclic) bond motifs is 1. The number of para-hydroxylation sites is 1. The van der Waals surface area contributed by atoms with Gasteiger partial charge in [-0.2, -0.15) is 0 Å². The highest BCUT2D eigenvalue weighted by atomic mass is 32.1. The van der Waals surface area contributed by atoms with Crippen LogP contribution in [0.15, 0.2) is 48.1 Å². The Morgan fingerprint density at radius 3 is 2.65 bits per heavy atom. The molecular weight excluding hydrogens is 304 g/mol. The van der Waals surface area contributed by atoms with E-state index in [2.05, 4.69) is 55.5 Å². The number of rotatable bonds is 4. The van der Waals surface area contributed by atoms with Crippen molar-refractivity contribution in [1.82, 2.24) is 14.9 Å². The lowest BCUT2D eigenvalue weighted by molar-refractivity contribution is 0.261. The van der Waals surface area contributed by atoms with E-state index >= 15 is 0 Å². The predicted molar refractivity (Wildman–Crippen MR) is 96.2 cm³/mol. The maximum absolute atomic E-state index is 4.54. The Morgan fingerprint density at radius 2 is 1.83 bits per heavy atom. The van der Waals surface area contributed by atoms with Gasteiger partial charge in [-0.3, -0.25) is 4.90 Å². The Kier molecular flexibility index (Phi) is 4.22. The fraction of sp³-hybridized carbons (Fsp3) is 0.333. The van der Waals surface area contributed by atoms with Crippen molar-refractivity contribution in [3.63, 3.8) is 0 Å².